The normalized spacial score (nSPS) is 11.2. The molecule has 0 radical (unpaired) electrons. The van der Waals surface area contributed by atoms with Gasteiger partial charge in [-0.15, -0.1) is 0 Å². The summed E-state index contributed by atoms with van der Waals surface area (Å²) in [6.45, 7) is 6.52. The number of hydrogen-bond acceptors (Lipinski definition) is 4. The smallest absolute Gasteiger partial charge is 0.339 e. The molecule has 0 aliphatic rings. The molecule has 0 bridgehead atoms. The molecule has 2 rings (SSSR count). The molecule has 5 nitrogen and oxygen atoms in total. The molecule has 0 fully saturated rings. The topological polar surface area (TPSA) is 72.3 Å². The second-order valence-electron chi connectivity index (χ2n) is 5.75. The van der Waals surface area contributed by atoms with Crippen LogP contribution in [0.25, 0.3) is 0 Å². The molecule has 0 aliphatic heterocycles. The van der Waals surface area contributed by atoms with Crippen molar-refractivity contribution in [1.29, 1.82) is 0 Å². The Balaban J connectivity index is 2.09. The zero-order chi connectivity index (χ0) is 15.5. The van der Waals surface area contributed by atoms with E-state index in [4.69, 9.17) is 9.84 Å². The van der Waals surface area contributed by atoms with Crippen molar-refractivity contribution in [2.45, 2.75) is 32.8 Å². The maximum Gasteiger partial charge on any atom is 0.339 e. The Morgan fingerprint density at radius 2 is 1.90 bits per heavy atom. The van der Waals surface area contributed by atoms with Crippen molar-refractivity contribution >= 4 is 5.97 Å². The average Bonchev–Trinajstić information content (AvgIpc) is 2.45. The molecule has 5 heteroatoms. The van der Waals surface area contributed by atoms with E-state index in [9.17, 15) is 4.79 Å². The van der Waals surface area contributed by atoms with Crippen LogP contribution in [0.5, 0.6) is 5.75 Å². The molecule has 0 amide bonds. The highest BCUT2D eigenvalue weighted by molar-refractivity contribution is 5.88. The quantitative estimate of drug-likeness (QED) is 0.935. The Hall–Kier alpha value is -2.43. The lowest BCUT2D eigenvalue weighted by Crippen LogP contribution is -2.11. The molecule has 1 heterocycles. The van der Waals surface area contributed by atoms with Crippen LogP contribution in [0.15, 0.2) is 36.8 Å². The molecular formula is C16H18N2O3. The highest BCUT2D eigenvalue weighted by Gasteiger charge is 2.14. The van der Waals surface area contributed by atoms with Crippen LogP contribution in [0.3, 0.4) is 0 Å². The molecular weight excluding hydrogens is 268 g/mol. The largest absolute Gasteiger partial charge is 0.487 e. The Labute approximate surface area is 123 Å². The Bertz CT molecular complexity index is 631. The van der Waals surface area contributed by atoms with Gasteiger partial charge in [0.2, 0.25) is 0 Å². The van der Waals surface area contributed by atoms with Gasteiger partial charge in [-0.25, -0.2) is 14.8 Å². The summed E-state index contributed by atoms with van der Waals surface area (Å²) in [7, 11) is 0. The van der Waals surface area contributed by atoms with Crippen LogP contribution in [0, 0.1) is 0 Å². The van der Waals surface area contributed by atoms with Crippen molar-refractivity contribution in [3.05, 3.63) is 53.6 Å². The molecule has 1 N–H and O–H groups in total. The first-order valence-electron chi connectivity index (χ1n) is 6.63. The van der Waals surface area contributed by atoms with Gasteiger partial charge in [0.25, 0.3) is 0 Å². The minimum atomic E-state index is -1.06. The zero-order valence-electron chi connectivity index (χ0n) is 12.3. The maximum atomic E-state index is 11.1. The van der Waals surface area contributed by atoms with E-state index in [2.05, 4.69) is 30.7 Å². The van der Waals surface area contributed by atoms with Gasteiger partial charge in [0.15, 0.2) is 0 Å². The van der Waals surface area contributed by atoms with Gasteiger partial charge in [-0.05, 0) is 23.1 Å². The number of rotatable bonds is 4. The fourth-order valence-corrected chi connectivity index (χ4v) is 1.85. The first kappa shape index (κ1) is 15.0. The van der Waals surface area contributed by atoms with Crippen molar-refractivity contribution in [2.75, 3.05) is 0 Å². The van der Waals surface area contributed by atoms with Crippen molar-refractivity contribution in [3.8, 4) is 5.75 Å². The maximum absolute atomic E-state index is 11.1. The predicted octanol–water partition coefficient (Wildman–Crippen LogP) is 3.05. The summed E-state index contributed by atoms with van der Waals surface area (Å²) in [5.41, 5.74) is 1.71. The van der Waals surface area contributed by atoms with Crippen LogP contribution in [0.2, 0.25) is 0 Å². The molecule has 21 heavy (non-hydrogen) atoms. The molecule has 1 aromatic heterocycles. The van der Waals surface area contributed by atoms with Crippen molar-refractivity contribution < 1.29 is 14.6 Å². The fraction of sp³-hybridized carbons (Fsp3) is 0.312. The Morgan fingerprint density at radius 1 is 1.24 bits per heavy atom. The summed E-state index contributed by atoms with van der Waals surface area (Å²) in [6, 6.07) is 7.77. The molecule has 0 saturated heterocycles. The van der Waals surface area contributed by atoms with E-state index in [0.29, 0.717) is 11.4 Å². The molecule has 1 aromatic carbocycles. The average molecular weight is 286 g/mol. The van der Waals surface area contributed by atoms with Gasteiger partial charge < -0.3 is 9.84 Å². The Morgan fingerprint density at radius 3 is 2.48 bits per heavy atom. The van der Waals surface area contributed by atoms with E-state index < -0.39 is 5.97 Å². The van der Waals surface area contributed by atoms with E-state index in [0.717, 1.165) is 0 Å². The second kappa shape index (κ2) is 5.91. The number of benzene rings is 1. The van der Waals surface area contributed by atoms with Crippen LogP contribution in [-0.2, 0) is 12.0 Å². The molecule has 0 aliphatic carbocycles. The molecule has 0 spiro atoms. The highest BCUT2D eigenvalue weighted by atomic mass is 16.5. The number of aromatic nitrogens is 2. The molecule has 0 saturated carbocycles. The fourth-order valence-electron chi connectivity index (χ4n) is 1.85. The third-order valence-corrected chi connectivity index (χ3v) is 3.12. The van der Waals surface area contributed by atoms with E-state index in [-0.39, 0.29) is 17.6 Å². The van der Waals surface area contributed by atoms with Gasteiger partial charge in [0, 0.05) is 6.20 Å². The summed E-state index contributed by atoms with van der Waals surface area (Å²) in [4.78, 5) is 18.7. The number of carboxylic acid groups (broad SMARTS) is 1. The number of nitrogens with zero attached hydrogens (tertiary/aromatic N) is 2. The van der Waals surface area contributed by atoms with Crippen molar-refractivity contribution in [3.63, 3.8) is 0 Å². The lowest BCUT2D eigenvalue weighted by atomic mass is 9.87. The van der Waals surface area contributed by atoms with Gasteiger partial charge in [-0.2, -0.15) is 0 Å². The second-order valence-corrected chi connectivity index (χ2v) is 5.75. The van der Waals surface area contributed by atoms with Gasteiger partial charge in [-0.3, -0.25) is 0 Å². The molecule has 0 atom stereocenters. The van der Waals surface area contributed by atoms with E-state index in [1.807, 2.05) is 24.3 Å². The number of ether oxygens (including phenoxy) is 1. The van der Waals surface area contributed by atoms with E-state index in [1.54, 1.807) is 0 Å². The first-order chi connectivity index (χ1) is 9.88. The number of carboxylic acids is 1. The first-order valence-corrected chi connectivity index (χ1v) is 6.63. The van der Waals surface area contributed by atoms with Crippen LogP contribution >= 0.6 is 0 Å². The van der Waals surface area contributed by atoms with Crippen molar-refractivity contribution in [1.82, 2.24) is 9.97 Å². The summed E-state index contributed by atoms with van der Waals surface area (Å²) < 4.78 is 5.60. The van der Waals surface area contributed by atoms with Gasteiger partial charge in [0.05, 0.1) is 5.69 Å². The van der Waals surface area contributed by atoms with E-state index >= 15 is 0 Å². The Kier molecular flexibility index (Phi) is 4.21. The summed E-state index contributed by atoms with van der Waals surface area (Å²) in [6.07, 6.45) is 2.59. The third kappa shape index (κ3) is 3.78. The number of hydrogen-bond donors (Lipinski definition) is 1. The minimum Gasteiger partial charge on any atom is -0.487 e. The summed E-state index contributed by atoms with van der Waals surface area (Å²) in [5.74, 6) is -0.379. The summed E-state index contributed by atoms with van der Waals surface area (Å²) in [5, 5.41) is 9.05. The highest BCUT2D eigenvalue weighted by Crippen LogP contribution is 2.24. The lowest BCUT2D eigenvalue weighted by Gasteiger charge is -2.19. The van der Waals surface area contributed by atoms with Gasteiger partial charge in [-0.1, -0.05) is 32.9 Å². The zero-order valence-corrected chi connectivity index (χ0v) is 12.3. The van der Waals surface area contributed by atoms with Crippen LogP contribution < -0.4 is 4.74 Å². The standard InChI is InChI=1S/C16H18N2O3/c1-16(2,3)11-4-6-12(7-5-11)21-9-14-13(15(19)20)8-17-10-18-14/h4-8,10H,9H2,1-3H3,(H,19,20). The van der Waals surface area contributed by atoms with Gasteiger partial charge in [0.1, 0.15) is 24.2 Å². The third-order valence-electron chi connectivity index (χ3n) is 3.12. The van der Waals surface area contributed by atoms with Crippen LogP contribution in [0.1, 0.15) is 42.4 Å². The molecule has 110 valence electrons. The SMILES string of the molecule is CC(C)(C)c1ccc(OCc2ncncc2C(=O)O)cc1. The minimum absolute atomic E-state index is 0.0591. The van der Waals surface area contributed by atoms with Crippen LogP contribution in [0.4, 0.5) is 0 Å². The lowest BCUT2D eigenvalue weighted by molar-refractivity contribution is 0.0692. The van der Waals surface area contributed by atoms with Crippen LogP contribution in [-0.4, -0.2) is 21.0 Å². The number of carbonyl (C=O) groups is 1. The predicted molar refractivity (Wildman–Crippen MR) is 78.5 cm³/mol. The monoisotopic (exact) mass is 286 g/mol. The number of aromatic carboxylic acids is 1. The van der Waals surface area contributed by atoms with Gasteiger partial charge >= 0.3 is 5.97 Å². The summed E-state index contributed by atoms with van der Waals surface area (Å²) >= 11 is 0. The molecule has 2 aromatic rings. The van der Waals surface area contributed by atoms with E-state index in [1.165, 1.54) is 18.1 Å². The van der Waals surface area contributed by atoms with Crippen molar-refractivity contribution in [2.24, 2.45) is 0 Å². The molecule has 0 unspecified atom stereocenters.